The number of imidazole rings is 1. The molecule has 0 radical (unpaired) electrons. The van der Waals surface area contributed by atoms with Crippen LogP contribution in [0.2, 0.25) is 0 Å². The number of rotatable bonds is 7. The molecule has 0 aliphatic rings. The van der Waals surface area contributed by atoms with E-state index in [9.17, 15) is 4.79 Å². The number of nitrogens with zero attached hydrogens (tertiary/aromatic N) is 4. The molecule has 0 spiro atoms. The summed E-state index contributed by atoms with van der Waals surface area (Å²) in [6, 6.07) is 17.3. The van der Waals surface area contributed by atoms with Crippen molar-refractivity contribution in [2.24, 2.45) is 0 Å². The number of amides is 1. The summed E-state index contributed by atoms with van der Waals surface area (Å²) in [5.41, 5.74) is 3.69. The summed E-state index contributed by atoms with van der Waals surface area (Å²) >= 11 is 0. The number of ether oxygens (including phenoxy) is 1. The Morgan fingerprint density at radius 1 is 1.13 bits per heavy atom. The highest BCUT2D eigenvalue weighted by Gasteiger charge is 2.06. The van der Waals surface area contributed by atoms with Crippen molar-refractivity contribution in [1.29, 1.82) is 0 Å². The quantitative estimate of drug-likeness (QED) is 0.442. The summed E-state index contributed by atoms with van der Waals surface area (Å²) in [5.74, 6) is 0.690. The third kappa shape index (κ3) is 4.91. The predicted molar refractivity (Wildman–Crippen MR) is 116 cm³/mol. The Kier molecular flexibility index (Phi) is 5.85. The van der Waals surface area contributed by atoms with Crippen molar-refractivity contribution in [3.05, 3.63) is 102 Å². The summed E-state index contributed by atoms with van der Waals surface area (Å²) in [6.07, 6.45) is 10.8. The van der Waals surface area contributed by atoms with E-state index in [1.165, 1.54) is 0 Å². The highest BCUT2D eigenvalue weighted by molar-refractivity contribution is 5.91. The van der Waals surface area contributed by atoms with E-state index in [4.69, 9.17) is 4.74 Å². The van der Waals surface area contributed by atoms with Gasteiger partial charge in [-0.05, 0) is 47.5 Å². The van der Waals surface area contributed by atoms with Gasteiger partial charge in [0.25, 0.3) is 0 Å². The van der Waals surface area contributed by atoms with Crippen molar-refractivity contribution in [2.75, 3.05) is 7.05 Å². The smallest absolute Gasteiger partial charge is 0.246 e. The molecule has 0 aliphatic heterocycles. The molecule has 150 valence electrons. The van der Waals surface area contributed by atoms with Crippen LogP contribution in [0.1, 0.15) is 16.8 Å². The van der Waals surface area contributed by atoms with Gasteiger partial charge < -0.3 is 14.0 Å². The number of carbonyl (C=O) groups is 1. The van der Waals surface area contributed by atoms with Gasteiger partial charge in [-0.2, -0.15) is 0 Å². The van der Waals surface area contributed by atoms with Crippen LogP contribution in [0.3, 0.4) is 0 Å². The molecule has 3 aromatic heterocycles. The van der Waals surface area contributed by atoms with E-state index < -0.39 is 0 Å². The summed E-state index contributed by atoms with van der Waals surface area (Å²) in [5, 5.41) is 0. The number of hydrogen-bond donors (Lipinski definition) is 0. The average molecular weight is 398 g/mol. The number of likely N-dealkylation sites (N-methyl/N-ethyl adjacent to an activating group) is 1. The first-order valence-corrected chi connectivity index (χ1v) is 9.65. The Morgan fingerprint density at radius 3 is 2.77 bits per heavy atom. The molecule has 0 fully saturated rings. The maximum atomic E-state index is 12.3. The number of aromatic nitrogens is 3. The lowest BCUT2D eigenvalue weighted by Gasteiger charge is -2.14. The first-order chi connectivity index (χ1) is 14.7. The highest BCUT2D eigenvalue weighted by Crippen LogP contribution is 2.15. The largest absolute Gasteiger partial charge is 0.487 e. The fourth-order valence-electron chi connectivity index (χ4n) is 3.03. The summed E-state index contributed by atoms with van der Waals surface area (Å²) in [4.78, 5) is 22.6. The lowest BCUT2D eigenvalue weighted by Crippen LogP contribution is -2.24. The molecule has 0 N–H and O–H groups in total. The molecule has 0 saturated heterocycles. The Morgan fingerprint density at radius 2 is 2.00 bits per heavy atom. The summed E-state index contributed by atoms with van der Waals surface area (Å²) in [7, 11) is 1.77. The first kappa shape index (κ1) is 19.4. The van der Waals surface area contributed by atoms with Crippen molar-refractivity contribution in [3.63, 3.8) is 0 Å². The van der Waals surface area contributed by atoms with Gasteiger partial charge in [-0.1, -0.05) is 24.3 Å². The van der Waals surface area contributed by atoms with Gasteiger partial charge in [-0.25, -0.2) is 4.98 Å². The van der Waals surface area contributed by atoms with Crippen LogP contribution >= 0.6 is 0 Å². The van der Waals surface area contributed by atoms with E-state index in [1.54, 1.807) is 36.5 Å². The molecular weight excluding hydrogens is 376 g/mol. The van der Waals surface area contributed by atoms with E-state index in [1.807, 2.05) is 71.4 Å². The zero-order chi connectivity index (χ0) is 20.8. The van der Waals surface area contributed by atoms with Gasteiger partial charge >= 0.3 is 0 Å². The van der Waals surface area contributed by atoms with Gasteiger partial charge in [0, 0.05) is 44.5 Å². The first-order valence-electron chi connectivity index (χ1n) is 9.65. The van der Waals surface area contributed by atoms with Crippen LogP contribution in [0.4, 0.5) is 0 Å². The van der Waals surface area contributed by atoms with Crippen LogP contribution in [-0.4, -0.2) is 32.2 Å². The number of pyridine rings is 2. The van der Waals surface area contributed by atoms with Gasteiger partial charge in [0.1, 0.15) is 18.0 Å². The minimum absolute atomic E-state index is 0.0639. The monoisotopic (exact) mass is 398 g/mol. The van der Waals surface area contributed by atoms with Crippen LogP contribution in [-0.2, 0) is 17.9 Å². The second kappa shape index (κ2) is 9.05. The average Bonchev–Trinajstić information content (AvgIpc) is 3.20. The second-order valence-corrected chi connectivity index (χ2v) is 6.94. The maximum Gasteiger partial charge on any atom is 0.246 e. The van der Waals surface area contributed by atoms with Crippen LogP contribution in [0.5, 0.6) is 5.75 Å². The van der Waals surface area contributed by atoms with E-state index in [-0.39, 0.29) is 5.91 Å². The van der Waals surface area contributed by atoms with Gasteiger partial charge in [-0.3, -0.25) is 9.78 Å². The number of benzene rings is 1. The standard InChI is InChI=1S/C24H22N4O2/c1-27(16-20-5-4-13-25-15-20)24(29)12-9-19-7-10-22(11-8-19)30-18-21-17-28-14-3-2-6-23(28)26-21/h2-15,17H,16,18H2,1H3/b12-9+. The molecule has 4 rings (SSSR count). The summed E-state index contributed by atoms with van der Waals surface area (Å²) < 4.78 is 7.79. The third-order valence-electron chi connectivity index (χ3n) is 4.62. The molecule has 30 heavy (non-hydrogen) atoms. The van der Waals surface area contributed by atoms with Crippen molar-refractivity contribution in [2.45, 2.75) is 13.2 Å². The van der Waals surface area contributed by atoms with Crippen LogP contribution in [0.25, 0.3) is 11.7 Å². The molecule has 0 unspecified atom stereocenters. The number of carbonyl (C=O) groups excluding carboxylic acids is 1. The predicted octanol–water partition coefficient (Wildman–Crippen LogP) is 3.98. The van der Waals surface area contributed by atoms with Crippen LogP contribution < -0.4 is 4.74 Å². The minimum Gasteiger partial charge on any atom is -0.487 e. The Hall–Kier alpha value is -3.93. The Bertz CT molecular complexity index is 1120. The van der Waals surface area contributed by atoms with E-state index >= 15 is 0 Å². The molecule has 0 aliphatic carbocycles. The maximum absolute atomic E-state index is 12.3. The topological polar surface area (TPSA) is 59.7 Å². The lowest BCUT2D eigenvalue weighted by atomic mass is 10.2. The second-order valence-electron chi connectivity index (χ2n) is 6.94. The molecule has 0 atom stereocenters. The van der Waals surface area contributed by atoms with Crippen molar-refractivity contribution < 1.29 is 9.53 Å². The van der Waals surface area contributed by atoms with Gasteiger partial charge in [0.2, 0.25) is 5.91 Å². The molecule has 1 amide bonds. The van der Waals surface area contributed by atoms with Gasteiger partial charge in [0.15, 0.2) is 0 Å². The van der Waals surface area contributed by atoms with E-state index in [0.29, 0.717) is 13.2 Å². The Labute approximate surface area is 175 Å². The zero-order valence-corrected chi connectivity index (χ0v) is 16.7. The molecule has 3 heterocycles. The SMILES string of the molecule is CN(Cc1cccnc1)C(=O)/C=C/c1ccc(OCc2cn3ccccc3n2)cc1. The van der Waals surface area contributed by atoms with Crippen LogP contribution in [0.15, 0.2) is 85.5 Å². The highest BCUT2D eigenvalue weighted by atomic mass is 16.5. The number of hydrogen-bond acceptors (Lipinski definition) is 4. The molecular formula is C24H22N4O2. The fourth-order valence-corrected chi connectivity index (χ4v) is 3.03. The molecule has 0 bridgehead atoms. The lowest BCUT2D eigenvalue weighted by molar-refractivity contribution is -0.125. The molecule has 6 heteroatoms. The Balaban J connectivity index is 1.31. The molecule has 6 nitrogen and oxygen atoms in total. The normalized spacial score (nSPS) is 11.1. The summed E-state index contributed by atoms with van der Waals surface area (Å²) in [6.45, 7) is 0.918. The minimum atomic E-state index is -0.0639. The molecule has 0 saturated carbocycles. The molecule has 1 aromatic carbocycles. The number of fused-ring (bicyclic) bond motifs is 1. The van der Waals surface area contributed by atoms with Gasteiger partial charge in [-0.15, -0.1) is 0 Å². The van der Waals surface area contributed by atoms with E-state index in [2.05, 4.69) is 9.97 Å². The van der Waals surface area contributed by atoms with Crippen molar-refractivity contribution >= 4 is 17.6 Å². The van der Waals surface area contributed by atoms with Crippen LogP contribution in [0, 0.1) is 0 Å². The zero-order valence-electron chi connectivity index (χ0n) is 16.7. The van der Waals surface area contributed by atoms with Gasteiger partial charge in [0.05, 0.1) is 5.69 Å². The fraction of sp³-hybridized carbons (Fsp3) is 0.125. The third-order valence-corrected chi connectivity index (χ3v) is 4.62. The molecule has 4 aromatic rings. The van der Waals surface area contributed by atoms with Crippen molar-refractivity contribution in [1.82, 2.24) is 19.3 Å². The van der Waals surface area contributed by atoms with Crippen molar-refractivity contribution in [3.8, 4) is 5.75 Å². The van der Waals surface area contributed by atoms with E-state index in [0.717, 1.165) is 28.2 Å².